The fourth-order valence-electron chi connectivity index (χ4n) is 0.650. The highest BCUT2D eigenvalue weighted by Gasteiger charge is 2.31. The van der Waals surface area contributed by atoms with Gasteiger partial charge in [-0.15, -0.1) is 0 Å². The first-order chi connectivity index (χ1) is 4.74. The lowest BCUT2D eigenvalue weighted by atomic mass is 10.5. The van der Waals surface area contributed by atoms with Crippen molar-refractivity contribution in [2.24, 2.45) is 0 Å². The van der Waals surface area contributed by atoms with Crippen molar-refractivity contribution in [1.29, 1.82) is 0 Å². The van der Waals surface area contributed by atoms with Gasteiger partial charge in [-0.3, -0.25) is 4.79 Å². The number of ether oxygens (including phenoxy) is 2. The van der Waals surface area contributed by atoms with Crippen molar-refractivity contribution >= 4 is 17.7 Å². The second-order valence-electron chi connectivity index (χ2n) is 1.96. The fraction of sp³-hybridized carbons (Fsp3) is 0.833. The third kappa shape index (κ3) is 1.64. The quantitative estimate of drug-likeness (QED) is 0.567. The minimum absolute atomic E-state index is 0.0726. The SMILES string of the molecule is CCO[C@@H]1OC(=O)[C@@H](C)S1. The maximum absolute atomic E-state index is 10.7. The number of carbonyl (C=O) groups is 1. The molecule has 0 amide bonds. The van der Waals surface area contributed by atoms with Gasteiger partial charge in [-0.1, -0.05) is 11.8 Å². The summed E-state index contributed by atoms with van der Waals surface area (Å²) in [6.45, 7) is 4.26. The number of thioether (sulfide) groups is 1. The number of hydrogen-bond donors (Lipinski definition) is 0. The van der Waals surface area contributed by atoms with E-state index in [-0.39, 0.29) is 16.8 Å². The zero-order chi connectivity index (χ0) is 7.56. The van der Waals surface area contributed by atoms with Crippen LogP contribution in [0.2, 0.25) is 0 Å². The Kier molecular flexibility index (Phi) is 2.56. The van der Waals surface area contributed by atoms with Crippen LogP contribution in [0, 0.1) is 0 Å². The monoisotopic (exact) mass is 162 g/mol. The Morgan fingerprint density at radius 1 is 1.80 bits per heavy atom. The largest absolute Gasteiger partial charge is 0.425 e. The third-order valence-corrected chi connectivity index (χ3v) is 2.22. The van der Waals surface area contributed by atoms with Crippen molar-refractivity contribution < 1.29 is 14.3 Å². The van der Waals surface area contributed by atoms with Gasteiger partial charge in [-0.05, 0) is 13.8 Å². The molecule has 0 radical (unpaired) electrons. The number of rotatable bonds is 2. The van der Waals surface area contributed by atoms with E-state index in [9.17, 15) is 4.79 Å². The highest BCUT2D eigenvalue weighted by atomic mass is 32.2. The molecule has 0 bridgehead atoms. The molecule has 58 valence electrons. The summed E-state index contributed by atoms with van der Waals surface area (Å²) in [4.78, 5) is 10.7. The lowest BCUT2D eigenvalue weighted by Crippen LogP contribution is -2.10. The van der Waals surface area contributed by atoms with Gasteiger partial charge in [0, 0.05) is 6.61 Å². The molecule has 2 atom stereocenters. The van der Waals surface area contributed by atoms with Crippen LogP contribution >= 0.6 is 11.8 Å². The molecule has 0 aromatic rings. The Morgan fingerprint density at radius 2 is 2.50 bits per heavy atom. The van der Waals surface area contributed by atoms with Crippen LogP contribution in [0.5, 0.6) is 0 Å². The number of esters is 1. The summed E-state index contributed by atoms with van der Waals surface area (Å²) in [5, 5.41) is -0.0726. The summed E-state index contributed by atoms with van der Waals surface area (Å²) in [5.74, 6) is -0.177. The first kappa shape index (κ1) is 7.88. The first-order valence-corrected chi connectivity index (χ1v) is 4.16. The van der Waals surface area contributed by atoms with Crippen LogP contribution in [0.3, 0.4) is 0 Å². The molecule has 1 heterocycles. The van der Waals surface area contributed by atoms with Gasteiger partial charge in [0.1, 0.15) is 5.25 Å². The molecule has 3 nitrogen and oxygen atoms in total. The van der Waals surface area contributed by atoms with E-state index in [1.165, 1.54) is 11.8 Å². The smallest absolute Gasteiger partial charge is 0.321 e. The van der Waals surface area contributed by atoms with Gasteiger partial charge in [0.15, 0.2) is 0 Å². The van der Waals surface area contributed by atoms with E-state index < -0.39 is 0 Å². The molecule has 0 spiro atoms. The van der Waals surface area contributed by atoms with Crippen molar-refractivity contribution in [3.05, 3.63) is 0 Å². The Balaban J connectivity index is 2.34. The second kappa shape index (κ2) is 3.25. The molecule has 1 aliphatic heterocycles. The molecule has 0 aromatic carbocycles. The molecule has 1 rings (SSSR count). The second-order valence-corrected chi connectivity index (χ2v) is 3.32. The predicted molar refractivity (Wildman–Crippen MR) is 38.6 cm³/mol. The molecule has 1 saturated heterocycles. The van der Waals surface area contributed by atoms with Crippen molar-refractivity contribution in [3.63, 3.8) is 0 Å². The maximum atomic E-state index is 10.7. The van der Waals surface area contributed by atoms with E-state index in [0.29, 0.717) is 6.61 Å². The lowest BCUT2D eigenvalue weighted by Gasteiger charge is -2.05. The number of carbonyl (C=O) groups excluding carboxylic acids is 1. The Hall–Kier alpha value is -0.220. The van der Waals surface area contributed by atoms with Gasteiger partial charge in [-0.2, -0.15) is 0 Å². The summed E-state index contributed by atoms with van der Waals surface area (Å²) in [7, 11) is 0. The molecule has 0 N–H and O–H groups in total. The lowest BCUT2D eigenvalue weighted by molar-refractivity contribution is -0.155. The average molecular weight is 162 g/mol. The minimum atomic E-state index is -0.368. The third-order valence-electron chi connectivity index (χ3n) is 1.16. The van der Waals surface area contributed by atoms with E-state index in [1.54, 1.807) is 0 Å². The van der Waals surface area contributed by atoms with Crippen LogP contribution in [0.4, 0.5) is 0 Å². The minimum Gasteiger partial charge on any atom is -0.425 e. The molecule has 1 fully saturated rings. The normalized spacial score (nSPS) is 32.4. The molecule has 10 heavy (non-hydrogen) atoms. The van der Waals surface area contributed by atoms with E-state index in [1.807, 2.05) is 13.8 Å². The molecule has 0 unspecified atom stereocenters. The molecular weight excluding hydrogens is 152 g/mol. The molecular formula is C6H10O3S. The van der Waals surface area contributed by atoms with E-state index in [0.717, 1.165) is 0 Å². The molecule has 0 aliphatic carbocycles. The molecule has 0 saturated carbocycles. The van der Waals surface area contributed by atoms with Crippen molar-refractivity contribution in [1.82, 2.24) is 0 Å². The van der Waals surface area contributed by atoms with E-state index >= 15 is 0 Å². The Labute approximate surface area is 64.1 Å². The highest BCUT2D eigenvalue weighted by molar-refractivity contribution is 8.01. The molecule has 0 aromatic heterocycles. The van der Waals surface area contributed by atoms with Crippen LogP contribution in [0.25, 0.3) is 0 Å². The average Bonchev–Trinajstić information content (AvgIpc) is 2.14. The van der Waals surface area contributed by atoms with Gasteiger partial charge in [-0.25, -0.2) is 0 Å². The Morgan fingerprint density at radius 3 is 2.90 bits per heavy atom. The summed E-state index contributed by atoms with van der Waals surface area (Å²) in [5.41, 5.74) is -0.368. The standard InChI is InChI=1S/C6H10O3S/c1-3-8-6-9-5(7)4(2)10-6/h4,6H,3H2,1-2H3/t4-,6-/m1/s1. The topological polar surface area (TPSA) is 35.5 Å². The maximum Gasteiger partial charge on any atom is 0.321 e. The van der Waals surface area contributed by atoms with Crippen molar-refractivity contribution in [3.8, 4) is 0 Å². The van der Waals surface area contributed by atoms with Crippen molar-refractivity contribution in [2.75, 3.05) is 6.61 Å². The predicted octanol–water partition coefficient (Wildman–Crippen LogP) is 0.985. The Bertz CT molecular complexity index is 137. The van der Waals surface area contributed by atoms with Gasteiger partial charge in [0.2, 0.25) is 0 Å². The van der Waals surface area contributed by atoms with E-state index in [4.69, 9.17) is 9.47 Å². The van der Waals surface area contributed by atoms with Crippen LogP contribution in [0.1, 0.15) is 13.8 Å². The summed E-state index contributed by atoms with van der Waals surface area (Å²) >= 11 is 1.40. The first-order valence-electron chi connectivity index (χ1n) is 3.21. The van der Waals surface area contributed by atoms with Crippen LogP contribution in [-0.2, 0) is 14.3 Å². The van der Waals surface area contributed by atoms with Gasteiger partial charge < -0.3 is 9.47 Å². The van der Waals surface area contributed by atoms with Gasteiger partial charge >= 0.3 is 5.97 Å². The molecule has 4 heteroatoms. The fourth-order valence-corrected chi connectivity index (χ4v) is 1.52. The van der Waals surface area contributed by atoms with Crippen LogP contribution in [-0.4, -0.2) is 23.4 Å². The molecule has 1 aliphatic rings. The summed E-state index contributed by atoms with van der Waals surface area (Å²) in [6.07, 6.45) is 0. The number of hydrogen-bond acceptors (Lipinski definition) is 4. The zero-order valence-corrected chi connectivity index (χ0v) is 6.81. The highest BCUT2D eigenvalue weighted by Crippen LogP contribution is 2.28. The van der Waals surface area contributed by atoms with Gasteiger partial charge in [0.05, 0.1) is 0 Å². The van der Waals surface area contributed by atoms with Crippen molar-refractivity contribution in [2.45, 2.75) is 24.7 Å². The zero-order valence-electron chi connectivity index (χ0n) is 5.99. The van der Waals surface area contributed by atoms with Crippen LogP contribution in [0.15, 0.2) is 0 Å². The van der Waals surface area contributed by atoms with Crippen LogP contribution < -0.4 is 0 Å². The number of cyclic esters (lactones) is 1. The van der Waals surface area contributed by atoms with E-state index in [2.05, 4.69) is 0 Å². The van der Waals surface area contributed by atoms with Gasteiger partial charge in [0.25, 0.3) is 5.62 Å². The summed E-state index contributed by atoms with van der Waals surface area (Å²) < 4.78 is 9.88. The summed E-state index contributed by atoms with van der Waals surface area (Å²) in [6, 6.07) is 0.